The molecule has 0 aliphatic carbocycles. The third-order valence-electron chi connectivity index (χ3n) is 4.72. The molecule has 1 amide bonds. The van der Waals surface area contributed by atoms with E-state index in [1.54, 1.807) is 0 Å². The van der Waals surface area contributed by atoms with Crippen molar-refractivity contribution in [2.24, 2.45) is 5.73 Å². The van der Waals surface area contributed by atoms with Crippen LogP contribution in [0.25, 0.3) is 0 Å². The summed E-state index contributed by atoms with van der Waals surface area (Å²) in [6.45, 7) is 1.07. The summed E-state index contributed by atoms with van der Waals surface area (Å²) in [6, 6.07) is 6.44. The van der Waals surface area contributed by atoms with E-state index in [4.69, 9.17) is 48.5 Å². The fourth-order valence-corrected chi connectivity index (χ4v) is 5.56. The second kappa shape index (κ2) is 12.7. The number of anilines is 1. The maximum Gasteiger partial charge on any atom is 0.369 e. The van der Waals surface area contributed by atoms with Gasteiger partial charge in [0.2, 0.25) is 5.91 Å². The first kappa shape index (κ1) is 29.3. The standard InChI is InChI=1S/C17H29Cl2N3O8P2/c18-7-10-22(11-8-19)14-4-2-13(3-5-14)12-15(20)16(23)21-9-1-6-17(24,31(25,26)27)32(28,29)30/h2-5,15,24H,1,6-12,20H2,(H,21,23)(H2,25,26,27)(H2,28,29,30). The molecule has 15 heteroatoms. The third-order valence-corrected chi connectivity index (χ3v) is 8.94. The van der Waals surface area contributed by atoms with Crippen LogP contribution in [0.15, 0.2) is 24.3 Å². The average Bonchev–Trinajstić information content (AvgIpc) is 2.69. The second-order valence-electron chi connectivity index (χ2n) is 7.10. The van der Waals surface area contributed by atoms with Gasteiger partial charge in [-0.15, -0.1) is 23.2 Å². The highest BCUT2D eigenvalue weighted by atomic mass is 35.5. The number of carbonyl (C=O) groups is 1. The molecule has 1 unspecified atom stereocenters. The van der Waals surface area contributed by atoms with Crippen molar-refractivity contribution in [3.8, 4) is 0 Å². The highest BCUT2D eigenvalue weighted by Crippen LogP contribution is 2.69. The Labute approximate surface area is 196 Å². The van der Waals surface area contributed by atoms with E-state index in [-0.39, 0.29) is 19.4 Å². The van der Waals surface area contributed by atoms with Crippen molar-refractivity contribution >= 4 is 50.0 Å². The Bertz CT molecular complexity index is 806. The predicted molar refractivity (Wildman–Crippen MR) is 123 cm³/mol. The van der Waals surface area contributed by atoms with Gasteiger partial charge in [0.25, 0.3) is 5.08 Å². The van der Waals surface area contributed by atoms with Gasteiger partial charge in [-0.3, -0.25) is 13.9 Å². The quantitative estimate of drug-likeness (QED) is 0.101. The molecule has 0 radical (unpaired) electrons. The molecule has 1 aromatic carbocycles. The molecule has 184 valence electrons. The monoisotopic (exact) mass is 535 g/mol. The first-order chi connectivity index (χ1) is 14.8. The summed E-state index contributed by atoms with van der Waals surface area (Å²) in [7, 11) is -11.0. The van der Waals surface area contributed by atoms with Gasteiger partial charge in [0.05, 0.1) is 6.04 Å². The minimum atomic E-state index is -5.52. The molecule has 0 aromatic heterocycles. The molecule has 11 nitrogen and oxygen atoms in total. The van der Waals surface area contributed by atoms with Gasteiger partial charge in [0, 0.05) is 43.5 Å². The van der Waals surface area contributed by atoms with Crippen LogP contribution in [0.1, 0.15) is 18.4 Å². The number of carbonyl (C=O) groups excluding carboxylic acids is 1. The van der Waals surface area contributed by atoms with Gasteiger partial charge in [-0.25, -0.2) is 0 Å². The van der Waals surface area contributed by atoms with Crippen LogP contribution in [-0.2, 0) is 20.3 Å². The number of amides is 1. The topological polar surface area (TPSA) is 194 Å². The summed E-state index contributed by atoms with van der Waals surface area (Å²) in [6.07, 6.45) is -0.997. The lowest BCUT2D eigenvalue weighted by molar-refractivity contribution is -0.122. The first-order valence-corrected chi connectivity index (χ1v) is 13.9. The van der Waals surface area contributed by atoms with Crippen LogP contribution in [0.2, 0.25) is 0 Å². The Morgan fingerprint density at radius 3 is 2.00 bits per heavy atom. The zero-order chi connectivity index (χ0) is 24.6. The number of aliphatic hydroxyl groups is 1. The van der Waals surface area contributed by atoms with Crippen LogP contribution in [0, 0.1) is 0 Å². The highest BCUT2D eigenvalue weighted by molar-refractivity contribution is 7.72. The molecule has 0 spiro atoms. The highest BCUT2D eigenvalue weighted by Gasteiger charge is 2.58. The molecule has 0 heterocycles. The number of alkyl halides is 2. The maximum atomic E-state index is 12.2. The average molecular weight is 536 g/mol. The SMILES string of the molecule is NC(Cc1ccc(N(CCCl)CCCl)cc1)C(=O)NCCCC(O)(P(=O)(O)O)P(=O)(O)O. The molecule has 0 bridgehead atoms. The van der Waals surface area contributed by atoms with Crippen molar-refractivity contribution in [3.63, 3.8) is 0 Å². The second-order valence-corrected chi connectivity index (χ2v) is 11.9. The summed E-state index contributed by atoms with van der Waals surface area (Å²) >= 11 is 11.6. The first-order valence-electron chi connectivity index (χ1n) is 9.59. The number of nitrogens with two attached hydrogens (primary N) is 1. The molecular formula is C17H29Cl2N3O8P2. The smallest absolute Gasteiger partial charge is 0.369 e. The van der Waals surface area contributed by atoms with Crippen LogP contribution >= 0.6 is 38.4 Å². The van der Waals surface area contributed by atoms with Gasteiger partial charge in [0.15, 0.2) is 0 Å². The van der Waals surface area contributed by atoms with Crippen LogP contribution in [0.5, 0.6) is 0 Å². The zero-order valence-corrected chi connectivity index (χ0v) is 20.5. The van der Waals surface area contributed by atoms with Crippen LogP contribution in [0.4, 0.5) is 5.69 Å². The lowest BCUT2D eigenvalue weighted by Gasteiger charge is -2.29. The molecule has 1 atom stereocenters. The number of nitrogens with one attached hydrogen (secondary N) is 1. The molecule has 32 heavy (non-hydrogen) atoms. The summed E-state index contributed by atoms with van der Waals surface area (Å²) < 4.78 is 22.6. The number of hydrogen-bond donors (Lipinski definition) is 7. The van der Waals surface area contributed by atoms with E-state index in [1.165, 1.54) is 0 Å². The van der Waals surface area contributed by atoms with E-state index in [0.717, 1.165) is 11.3 Å². The van der Waals surface area contributed by atoms with Crippen LogP contribution in [-0.4, -0.2) is 73.1 Å². The molecule has 0 fully saturated rings. The summed E-state index contributed by atoms with van der Waals surface area (Å²) in [5.41, 5.74) is 7.62. The van der Waals surface area contributed by atoms with Crippen LogP contribution in [0.3, 0.4) is 0 Å². The van der Waals surface area contributed by atoms with Gasteiger partial charge in [-0.1, -0.05) is 12.1 Å². The van der Waals surface area contributed by atoms with E-state index >= 15 is 0 Å². The van der Waals surface area contributed by atoms with Gasteiger partial charge in [0.1, 0.15) is 0 Å². The Morgan fingerprint density at radius 1 is 1.06 bits per heavy atom. The molecule has 0 aliphatic heterocycles. The van der Waals surface area contributed by atoms with Gasteiger partial charge in [-0.05, 0) is 30.5 Å². The van der Waals surface area contributed by atoms with E-state index in [1.807, 2.05) is 29.2 Å². The van der Waals surface area contributed by atoms with E-state index in [2.05, 4.69) is 5.32 Å². The molecule has 1 rings (SSSR count). The summed E-state index contributed by atoms with van der Waals surface area (Å²) in [5.74, 6) is 0.336. The van der Waals surface area contributed by atoms with Gasteiger partial charge < -0.3 is 40.6 Å². The number of hydrogen-bond acceptors (Lipinski definition) is 6. The number of benzene rings is 1. The Kier molecular flexibility index (Phi) is 11.6. The number of rotatable bonds is 14. The Hall–Kier alpha value is -0.710. The minimum Gasteiger partial charge on any atom is -0.369 e. The predicted octanol–water partition coefficient (Wildman–Crippen LogP) is 0.738. The fraction of sp³-hybridized carbons (Fsp3) is 0.588. The Morgan fingerprint density at radius 2 is 1.56 bits per heavy atom. The van der Waals surface area contributed by atoms with Crippen LogP contribution < -0.4 is 16.0 Å². The Balaban J connectivity index is 2.60. The molecule has 8 N–H and O–H groups in total. The minimum absolute atomic E-state index is 0.195. The maximum absolute atomic E-state index is 12.2. The largest absolute Gasteiger partial charge is 0.369 e. The van der Waals surface area contributed by atoms with E-state index in [9.17, 15) is 19.0 Å². The lowest BCUT2D eigenvalue weighted by atomic mass is 10.1. The molecule has 0 saturated heterocycles. The van der Waals surface area contributed by atoms with Crippen molar-refractivity contribution in [2.75, 3.05) is 36.3 Å². The fourth-order valence-electron chi connectivity index (χ4n) is 2.89. The summed E-state index contributed by atoms with van der Waals surface area (Å²) in [4.78, 5) is 50.6. The van der Waals surface area contributed by atoms with Crippen molar-refractivity contribution in [2.45, 2.75) is 30.4 Å². The molecular weight excluding hydrogens is 507 g/mol. The van der Waals surface area contributed by atoms with Crippen molar-refractivity contribution in [1.82, 2.24) is 5.32 Å². The number of nitrogens with zero attached hydrogens (tertiary/aromatic N) is 1. The van der Waals surface area contributed by atoms with E-state index in [0.29, 0.717) is 24.8 Å². The molecule has 1 aromatic rings. The number of halogens is 2. The van der Waals surface area contributed by atoms with Crippen molar-refractivity contribution in [1.29, 1.82) is 0 Å². The normalized spacial score (nSPS) is 13.6. The summed E-state index contributed by atoms with van der Waals surface area (Å²) in [5, 5.41) is 8.72. The molecule has 0 aliphatic rings. The van der Waals surface area contributed by atoms with Crippen molar-refractivity contribution in [3.05, 3.63) is 29.8 Å². The molecule has 0 saturated carbocycles. The zero-order valence-electron chi connectivity index (χ0n) is 17.2. The van der Waals surface area contributed by atoms with Gasteiger partial charge >= 0.3 is 15.2 Å². The van der Waals surface area contributed by atoms with Crippen molar-refractivity contribution < 1.29 is 38.6 Å². The lowest BCUT2D eigenvalue weighted by Crippen LogP contribution is -2.42. The van der Waals surface area contributed by atoms with E-state index < -0.39 is 38.6 Å². The van der Waals surface area contributed by atoms with Gasteiger partial charge in [-0.2, -0.15) is 0 Å². The third kappa shape index (κ3) is 8.25.